The van der Waals surface area contributed by atoms with Gasteiger partial charge in [0.25, 0.3) is 0 Å². The molecular formula is C16H16ClNO3. The van der Waals surface area contributed by atoms with Crippen molar-refractivity contribution in [2.24, 2.45) is 0 Å². The van der Waals surface area contributed by atoms with E-state index in [1.165, 1.54) is 6.07 Å². The molecule has 21 heavy (non-hydrogen) atoms. The molecule has 0 spiro atoms. The Kier molecular flexibility index (Phi) is 4.70. The standard InChI is InChI=1S/C16H16ClNO3/c1-18(10-11-3-6-13(21-2)7-4-11)15-8-5-12(17)9-14(15)16(19)20/h3-9H,10H2,1-2H3,(H,19,20). The van der Waals surface area contributed by atoms with Crippen LogP contribution in [-0.4, -0.2) is 25.2 Å². The predicted molar refractivity (Wildman–Crippen MR) is 83.5 cm³/mol. The van der Waals surface area contributed by atoms with Gasteiger partial charge in [-0.1, -0.05) is 23.7 Å². The Balaban J connectivity index is 2.23. The van der Waals surface area contributed by atoms with E-state index in [1.807, 2.05) is 36.2 Å². The summed E-state index contributed by atoms with van der Waals surface area (Å²) in [6, 6.07) is 12.5. The number of carboxylic acids is 1. The second-order valence-electron chi connectivity index (χ2n) is 4.67. The lowest BCUT2D eigenvalue weighted by atomic mass is 10.1. The van der Waals surface area contributed by atoms with E-state index in [2.05, 4.69) is 0 Å². The first-order valence-electron chi connectivity index (χ1n) is 6.38. The SMILES string of the molecule is COc1ccc(CN(C)c2ccc(Cl)cc2C(=O)O)cc1. The summed E-state index contributed by atoms with van der Waals surface area (Å²) >= 11 is 5.86. The van der Waals surface area contributed by atoms with Crippen LogP contribution in [0.5, 0.6) is 5.75 Å². The molecule has 0 amide bonds. The van der Waals surface area contributed by atoms with Gasteiger partial charge in [0.05, 0.1) is 18.4 Å². The summed E-state index contributed by atoms with van der Waals surface area (Å²) < 4.78 is 5.12. The molecular weight excluding hydrogens is 290 g/mol. The van der Waals surface area contributed by atoms with Crippen LogP contribution in [0.2, 0.25) is 5.02 Å². The fourth-order valence-corrected chi connectivity index (χ4v) is 2.27. The van der Waals surface area contributed by atoms with Crippen LogP contribution in [0.4, 0.5) is 5.69 Å². The Morgan fingerprint density at radius 3 is 2.48 bits per heavy atom. The maximum Gasteiger partial charge on any atom is 0.337 e. The van der Waals surface area contributed by atoms with Gasteiger partial charge in [0, 0.05) is 18.6 Å². The molecule has 0 unspecified atom stereocenters. The van der Waals surface area contributed by atoms with E-state index < -0.39 is 5.97 Å². The molecule has 2 aromatic rings. The van der Waals surface area contributed by atoms with E-state index >= 15 is 0 Å². The molecule has 0 saturated carbocycles. The molecule has 0 aliphatic heterocycles. The highest BCUT2D eigenvalue weighted by Gasteiger charge is 2.14. The summed E-state index contributed by atoms with van der Waals surface area (Å²) in [7, 11) is 3.47. The summed E-state index contributed by atoms with van der Waals surface area (Å²) in [5.41, 5.74) is 1.88. The summed E-state index contributed by atoms with van der Waals surface area (Å²) in [6.07, 6.45) is 0. The molecule has 0 heterocycles. The maximum absolute atomic E-state index is 11.3. The van der Waals surface area contributed by atoms with Crippen molar-refractivity contribution in [2.75, 3.05) is 19.1 Å². The van der Waals surface area contributed by atoms with E-state index in [4.69, 9.17) is 16.3 Å². The number of carboxylic acid groups (broad SMARTS) is 1. The predicted octanol–water partition coefficient (Wildman–Crippen LogP) is 3.68. The molecule has 0 aromatic heterocycles. The monoisotopic (exact) mass is 305 g/mol. The minimum Gasteiger partial charge on any atom is -0.497 e. The van der Waals surface area contributed by atoms with Crippen molar-refractivity contribution in [1.82, 2.24) is 0 Å². The van der Waals surface area contributed by atoms with Crippen LogP contribution in [0.15, 0.2) is 42.5 Å². The number of carbonyl (C=O) groups is 1. The Morgan fingerprint density at radius 1 is 1.24 bits per heavy atom. The molecule has 0 fully saturated rings. The lowest BCUT2D eigenvalue weighted by molar-refractivity contribution is 0.0697. The van der Waals surface area contributed by atoms with Gasteiger partial charge in [-0.25, -0.2) is 4.79 Å². The number of ether oxygens (including phenoxy) is 1. The second kappa shape index (κ2) is 6.50. The van der Waals surface area contributed by atoms with Gasteiger partial charge in [-0.2, -0.15) is 0 Å². The normalized spacial score (nSPS) is 10.2. The number of hydrogen-bond acceptors (Lipinski definition) is 3. The topological polar surface area (TPSA) is 49.8 Å². The average Bonchev–Trinajstić information content (AvgIpc) is 2.47. The number of rotatable bonds is 5. The third kappa shape index (κ3) is 3.67. The highest BCUT2D eigenvalue weighted by Crippen LogP contribution is 2.25. The number of hydrogen-bond donors (Lipinski definition) is 1. The number of nitrogens with zero attached hydrogens (tertiary/aromatic N) is 1. The summed E-state index contributed by atoms with van der Waals surface area (Å²) in [5, 5.41) is 9.68. The molecule has 0 atom stereocenters. The highest BCUT2D eigenvalue weighted by atomic mass is 35.5. The first-order chi connectivity index (χ1) is 10.0. The van der Waals surface area contributed by atoms with E-state index in [-0.39, 0.29) is 5.56 Å². The fraction of sp³-hybridized carbons (Fsp3) is 0.188. The molecule has 0 aliphatic carbocycles. The zero-order valence-corrected chi connectivity index (χ0v) is 12.6. The maximum atomic E-state index is 11.3. The van der Waals surface area contributed by atoms with Gasteiger partial charge in [0.1, 0.15) is 5.75 Å². The zero-order valence-electron chi connectivity index (χ0n) is 11.8. The molecule has 0 saturated heterocycles. The van der Waals surface area contributed by atoms with Gasteiger partial charge in [-0.05, 0) is 35.9 Å². The largest absolute Gasteiger partial charge is 0.497 e. The van der Waals surface area contributed by atoms with E-state index in [0.29, 0.717) is 17.3 Å². The molecule has 2 rings (SSSR count). The van der Waals surface area contributed by atoms with Crippen molar-refractivity contribution in [3.05, 3.63) is 58.6 Å². The van der Waals surface area contributed by atoms with Crippen molar-refractivity contribution in [3.8, 4) is 5.75 Å². The average molecular weight is 306 g/mol. The summed E-state index contributed by atoms with van der Waals surface area (Å²) in [6.45, 7) is 0.589. The zero-order chi connectivity index (χ0) is 15.4. The minimum absolute atomic E-state index is 0.193. The van der Waals surface area contributed by atoms with Crippen LogP contribution in [0, 0.1) is 0 Å². The van der Waals surface area contributed by atoms with E-state index in [0.717, 1.165) is 11.3 Å². The third-order valence-corrected chi connectivity index (χ3v) is 3.41. The van der Waals surface area contributed by atoms with Crippen LogP contribution < -0.4 is 9.64 Å². The molecule has 0 bridgehead atoms. The Hall–Kier alpha value is -2.20. The lowest BCUT2D eigenvalue weighted by Crippen LogP contribution is -2.19. The molecule has 0 radical (unpaired) electrons. The van der Waals surface area contributed by atoms with Crippen LogP contribution in [-0.2, 0) is 6.54 Å². The highest BCUT2D eigenvalue weighted by molar-refractivity contribution is 6.31. The van der Waals surface area contributed by atoms with Gasteiger partial charge < -0.3 is 14.7 Å². The Morgan fingerprint density at radius 2 is 1.90 bits per heavy atom. The van der Waals surface area contributed by atoms with Crippen molar-refractivity contribution in [2.45, 2.75) is 6.54 Å². The molecule has 110 valence electrons. The van der Waals surface area contributed by atoms with Gasteiger partial charge in [-0.3, -0.25) is 0 Å². The molecule has 5 heteroatoms. The van der Waals surface area contributed by atoms with E-state index in [1.54, 1.807) is 19.2 Å². The number of benzene rings is 2. The molecule has 4 nitrogen and oxygen atoms in total. The Bertz CT molecular complexity index is 640. The first-order valence-corrected chi connectivity index (χ1v) is 6.76. The van der Waals surface area contributed by atoms with Gasteiger partial charge in [-0.15, -0.1) is 0 Å². The van der Waals surface area contributed by atoms with Crippen molar-refractivity contribution in [3.63, 3.8) is 0 Å². The van der Waals surface area contributed by atoms with Crippen molar-refractivity contribution >= 4 is 23.3 Å². The van der Waals surface area contributed by atoms with Gasteiger partial charge in [0.2, 0.25) is 0 Å². The van der Waals surface area contributed by atoms with Crippen LogP contribution in [0.25, 0.3) is 0 Å². The summed E-state index contributed by atoms with van der Waals surface area (Å²) in [5.74, 6) is -0.201. The van der Waals surface area contributed by atoms with Crippen molar-refractivity contribution < 1.29 is 14.6 Å². The molecule has 0 aliphatic rings. The lowest BCUT2D eigenvalue weighted by Gasteiger charge is -2.21. The van der Waals surface area contributed by atoms with Gasteiger partial charge >= 0.3 is 5.97 Å². The quantitative estimate of drug-likeness (QED) is 0.915. The number of anilines is 1. The molecule has 1 N–H and O–H groups in total. The fourth-order valence-electron chi connectivity index (χ4n) is 2.10. The van der Waals surface area contributed by atoms with Crippen LogP contribution in [0.1, 0.15) is 15.9 Å². The van der Waals surface area contributed by atoms with E-state index in [9.17, 15) is 9.90 Å². The number of aromatic carboxylic acids is 1. The first kappa shape index (κ1) is 15.2. The molecule has 2 aromatic carbocycles. The third-order valence-electron chi connectivity index (χ3n) is 3.18. The van der Waals surface area contributed by atoms with Gasteiger partial charge in [0.15, 0.2) is 0 Å². The number of methoxy groups -OCH3 is 1. The summed E-state index contributed by atoms with van der Waals surface area (Å²) in [4.78, 5) is 13.2. The Labute approximate surface area is 128 Å². The minimum atomic E-state index is -0.992. The van der Waals surface area contributed by atoms with Crippen LogP contribution in [0.3, 0.4) is 0 Å². The number of halogens is 1. The van der Waals surface area contributed by atoms with Crippen molar-refractivity contribution in [1.29, 1.82) is 0 Å². The second-order valence-corrected chi connectivity index (χ2v) is 5.11. The van der Waals surface area contributed by atoms with Crippen LogP contribution >= 0.6 is 11.6 Å². The smallest absolute Gasteiger partial charge is 0.337 e.